The van der Waals surface area contributed by atoms with Crippen molar-refractivity contribution in [1.82, 2.24) is 9.80 Å². The minimum atomic E-state index is -0.212. The molecule has 5 heteroatoms. The molecule has 0 spiro atoms. The van der Waals surface area contributed by atoms with Crippen LogP contribution >= 0.6 is 0 Å². The summed E-state index contributed by atoms with van der Waals surface area (Å²) in [5.41, 5.74) is 2.35. The largest absolute Gasteiger partial charge is 0.483 e. The summed E-state index contributed by atoms with van der Waals surface area (Å²) in [7, 11) is 0. The third kappa shape index (κ3) is 5.50. The number of para-hydroxylation sites is 1. The second-order valence-electron chi connectivity index (χ2n) is 9.46. The monoisotopic (exact) mass is 438 g/mol. The fourth-order valence-corrected chi connectivity index (χ4v) is 5.18. The average molecular weight is 439 g/mol. The maximum atomic E-state index is 13.2. The lowest BCUT2D eigenvalue weighted by Crippen LogP contribution is -2.58. The standard InChI is InChI=1S/C27H35FN2O2/c1-20-17-30(21(2)16-29(20)18-22-12-14-24(28)15-13-22)27(31)19-32-26-11-7-6-10-25(26)23-8-4-3-5-9-23/h6-7,10-15,20-21,23H,3-5,8-9,16-19H2,1-2H3/t20-,21+/m1/s1. The zero-order valence-corrected chi connectivity index (χ0v) is 19.3. The SMILES string of the molecule is C[C@@H]1CN(C(=O)COc2ccccc2C2CCCCC2)[C@@H](C)CN1Cc1ccc(F)cc1. The molecule has 2 atom stereocenters. The maximum absolute atomic E-state index is 13.2. The fourth-order valence-electron chi connectivity index (χ4n) is 5.18. The normalized spacial score (nSPS) is 22.7. The number of piperazine rings is 1. The Balaban J connectivity index is 1.34. The molecule has 2 aromatic carbocycles. The molecule has 32 heavy (non-hydrogen) atoms. The van der Waals surface area contributed by atoms with E-state index in [2.05, 4.69) is 30.9 Å². The third-order valence-corrected chi connectivity index (χ3v) is 7.05. The molecule has 0 radical (unpaired) electrons. The molecular formula is C27H35FN2O2. The molecule has 2 fully saturated rings. The quantitative estimate of drug-likeness (QED) is 0.608. The molecule has 2 aliphatic rings. The number of amides is 1. The number of ether oxygens (including phenoxy) is 1. The third-order valence-electron chi connectivity index (χ3n) is 7.05. The first-order chi connectivity index (χ1) is 15.5. The number of rotatable bonds is 6. The van der Waals surface area contributed by atoms with Crippen LogP contribution in [-0.4, -0.2) is 47.5 Å². The van der Waals surface area contributed by atoms with E-state index in [-0.39, 0.29) is 30.4 Å². The zero-order valence-electron chi connectivity index (χ0n) is 19.3. The topological polar surface area (TPSA) is 32.8 Å². The van der Waals surface area contributed by atoms with E-state index in [9.17, 15) is 9.18 Å². The minimum Gasteiger partial charge on any atom is -0.483 e. The van der Waals surface area contributed by atoms with Crippen LogP contribution in [0.25, 0.3) is 0 Å². The van der Waals surface area contributed by atoms with Gasteiger partial charge in [-0.1, -0.05) is 49.6 Å². The smallest absolute Gasteiger partial charge is 0.260 e. The Hall–Kier alpha value is -2.40. The molecule has 1 aliphatic heterocycles. The van der Waals surface area contributed by atoms with Crippen molar-refractivity contribution in [2.75, 3.05) is 19.7 Å². The van der Waals surface area contributed by atoms with Crippen molar-refractivity contribution in [3.05, 3.63) is 65.5 Å². The molecule has 1 aliphatic carbocycles. The van der Waals surface area contributed by atoms with E-state index in [1.165, 1.54) is 49.8 Å². The lowest BCUT2D eigenvalue weighted by Gasteiger charge is -2.44. The number of hydrogen-bond donors (Lipinski definition) is 0. The van der Waals surface area contributed by atoms with Crippen molar-refractivity contribution in [1.29, 1.82) is 0 Å². The summed E-state index contributed by atoms with van der Waals surface area (Å²) in [5, 5.41) is 0. The highest BCUT2D eigenvalue weighted by Crippen LogP contribution is 2.37. The van der Waals surface area contributed by atoms with Gasteiger partial charge in [-0.2, -0.15) is 0 Å². The molecule has 1 amide bonds. The Bertz CT molecular complexity index is 895. The molecule has 0 unspecified atom stereocenters. The van der Waals surface area contributed by atoms with E-state index in [1.807, 2.05) is 29.2 Å². The Labute approximate surface area is 191 Å². The van der Waals surface area contributed by atoms with Crippen LogP contribution in [0.15, 0.2) is 48.5 Å². The Morgan fingerprint density at radius 3 is 2.44 bits per heavy atom. The van der Waals surface area contributed by atoms with Gasteiger partial charge in [-0.3, -0.25) is 9.69 Å². The van der Waals surface area contributed by atoms with E-state index >= 15 is 0 Å². The van der Waals surface area contributed by atoms with Crippen molar-refractivity contribution in [2.24, 2.45) is 0 Å². The zero-order chi connectivity index (χ0) is 22.5. The molecular weight excluding hydrogens is 403 g/mol. The first-order valence-corrected chi connectivity index (χ1v) is 12.0. The van der Waals surface area contributed by atoms with Crippen molar-refractivity contribution >= 4 is 5.91 Å². The lowest BCUT2D eigenvalue weighted by molar-refractivity contribution is -0.139. The van der Waals surface area contributed by atoms with E-state index in [0.717, 1.165) is 24.4 Å². The van der Waals surface area contributed by atoms with E-state index in [0.29, 0.717) is 12.5 Å². The Morgan fingerprint density at radius 2 is 1.69 bits per heavy atom. The summed E-state index contributed by atoms with van der Waals surface area (Å²) in [6.45, 7) is 6.56. The van der Waals surface area contributed by atoms with Crippen molar-refractivity contribution in [3.8, 4) is 5.75 Å². The summed E-state index contributed by atoms with van der Waals surface area (Å²) >= 11 is 0. The highest BCUT2D eigenvalue weighted by molar-refractivity contribution is 5.78. The first kappa shape index (κ1) is 22.8. The van der Waals surface area contributed by atoms with Crippen LogP contribution in [-0.2, 0) is 11.3 Å². The summed E-state index contributed by atoms with van der Waals surface area (Å²) in [4.78, 5) is 17.4. The highest BCUT2D eigenvalue weighted by atomic mass is 19.1. The molecule has 1 heterocycles. The Morgan fingerprint density at radius 1 is 0.969 bits per heavy atom. The molecule has 4 rings (SSSR count). The van der Waals surface area contributed by atoms with Gasteiger partial charge in [0.25, 0.3) is 5.91 Å². The second-order valence-corrected chi connectivity index (χ2v) is 9.46. The molecule has 2 aromatic rings. The van der Waals surface area contributed by atoms with Crippen LogP contribution in [0.3, 0.4) is 0 Å². The number of halogens is 1. The molecule has 1 saturated heterocycles. The van der Waals surface area contributed by atoms with Gasteiger partial charge in [0, 0.05) is 31.7 Å². The van der Waals surface area contributed by atoms with Crippen LogP contribution in [0.5, 0.6) is 5.75 Å². The van der Waals surface area contributed by atoms with Crippen molar-refractivity contribution in [2.45, 2.75) is 70.5 Å². The van der Waals surface area contributed by atoms with Crippen molar-refractivity contribution < 1.29 is 13.9 Å². The molecule has 0 N–H and O–H groups in total. The van der Waals surface area contributed by atoms with Crippen LogP contribution in [0.2, 0.25) is 0 Å². The number of hydrogen-bond acceptors (Lipinski definition) is 3. The lowest BCUT2D eigenvalue weighted by atomic mass is 9.84. The summed E-state index contributed by atoms with van der Waals surface area (Å²) in [6.07, 6.45) is 6.28. The molecule has 0 aromatic heterocycles. The maximum Gasteiger partial charge on any atom is 0.260 e. The number of nitrogens with zero attached hydrogens (tertiary/aromatic N) is 2. The van der Waals surface area contributed by atoms with E-state index in [1.54, 1.807) is 0 Å². The van der Waals surface area contributed by atoms with Crippen LogP contribution in [0, 0.1) is 5.82 Å². The Kier molecular flexibility index (Phi) is 7.46. The van der Waals surface area contributed by atoms with Gasteiger partial charge >= 0.3 is 0 Å². The van der Waals surface area contributed by atoms with Gasteiger partial charge in [-0.05, 0) is 61.9 Å². The first-order valence-electron chi connectivity index (χ1n) is 12.0. The predicted molar refractivity (Wildman–Crippen MR) is 125 cm³/mol. The second kappa shape index (κ2) is 10.5. The minimum absolute atomic E-state index is 0.0456. The highest BCUT2D eigenvalue weighted by Gasteiger charge is 2.32. The number of carbonyl (C=O) groups is 1. The molecule has 172 valence electrons. The fraction of sp³-hybridized carbons (Fsp3) is 0.519. The average Bonchev–Trinajstić information content (AvgIpc) is 2.82. The van der Waals surface area contributed by atoms with Gasteiger partial charge in [0.15, 0.2) is 6.61 Å². The van der Waals surface area contributed by atoms with Crippen LogP contribution in [0.1, 0.15) is 63.0 Å². The molecule has 4 nitrogen and oxygen atoms in total. The van der Waals surface area contributed by atoms with E-state index in [4.69, 9.17) is 4.74 Å². The van der Waals surface area contributed by atoms with Crippen molar-refractivity contribution in [3.63, 3.8) is 0 Å². The summed E-state index contributed by atoms with van der Waals surface area (Å²) in [5.74, 6) is 1.24. The van der Waals surface area contributed by atoms with Gasteiger partial charge < -0.3 is 9.64 Å². The summed E-state index contributed by atoms with van der Waals surface area (Å²) < 4.78 is 19.3. The van der Waals surface area contributed by atoms with Crippen LogP contribution in [0.4, 0.5) is 4.39 Å². The summed E-state index contributed by atoms with van der Waals surface area (Å²) in [6, 6.07) is 15.2. The van der Waals surface area contributed by atoms with Gasteiger partial charge in [-0.15, -0.1) is 0 Å². The van der Waals surface area contributed by atoms with Crippen LogP contribution < -0.4 is 4.74 Å². The van der Waals surface area contributed by atoms with Gasteiger partial charge in [-0.25, -0.2) is 4.39 Å². The molecule has 1 saturated carbocycles. The van der Waals surface area contributed by atoms with Gasteiger partial charge in [0.05, 0.1) is 0 Å². The number of carbonyl (C=O) groups excluding carboxylic acids is 1. The number of benzene rings is 2. The predicted octanol–water partition coefficient (Wildman–Crippen LogP) is 5.37. The van der Waals surface area contributed by atoms with Gasteiger partial charge in [0.1, 0.15) is 11.6 Å². The van der Waals surface area contributed by atoms with E-state index < -0.39 is 0 Å². The van der Waals surface area contributed by atoms with Gasteiger partial charge in [0.2, 0.25) is 0 Å². The molecule has 0 bridgehead atoms.